The molecule has 1 aliphatic heterocycles. The van der Waals surface area contributed by atoms with E-state index in [1.54, 1.807) is 42.2 Å². The van der Waals surface area contributed by atoms with Crippen LogP contribution < -0.4 is 0 Å². The van der Waals surface area contributed by atoms with Crippen molar-refractivity contribution in [3.63, 3.8) is 0 Å². The Kier molecular flexibility index (Phi) is 5.52. The van der Waals surface area contributed by atoms with Crippen molar-refractivity contribution in [1.82, 2.24) is 4.90 Å². The number of carbonyl (C=O) groups is 1. The first-order chi connectivity index (χ1) is 14.4. The number of thiocarbonyl (C=S) groups is 1. The van der Waals surface area contributed by atoms with Gasteiger partial charge in [0.2, 0.25) is 0 Å². The van der Waals surface area contributed by atoms with E-state index in [0.717, 1.165) is 11.1 Å². The number of carbonyl (C=O) groups excluding carboxylic acids is 1. The van der Waals surface area contributed by atoms with Gasteiger partial charge in [0, 0.05) is 23.3 Å². The number of nitro groups is 1. The number of thioether (sulfide) groups is 1. The average molecular weight is 437 g/mol. The molecular formula is C22H16N2O4S2. The van der Waals surface area contributed by atoms with Crippen LogP contribution in [0.25, 0.3) is 17.4 Å². The summed E-state index contributed by atoms with van der Waals surface area (Å²) in [6.07, 6.45) is 1.67. The van der Waals surface area contributed by atoms with Crippen LogP contribution in [0.3, 0.4) is 0 Å². The number of aryl methyl sites for hydroxylation is 1. The van der Waals surface area contributed by atoms with E-state index in [1.165, 1.54) is 17.8 Å². The topological polar surface area (TPSA) is 76.6 Å². The quantitative estimate of drug-likeness (QED) is 0.225. The Morgan fingerprint density at radius 2 is 1.93 bits per heavy atom. The first-order valence-electron chi connectivity index (χ1n) is 9.07. The zero-order valence-corrected chi connectivity index (χ0v) is 17.5. The third kappa shape index (κ3) is 4.05. The van der Waals surface area contributed by atoms with E-state index in [4.69, 9.17) is 16.6 Å². The molecule has 0 bridgehead atoms. The van der Waals surface area contributed by atoms with Crippen molar-refractivity contribution >= 4 is 46.0 Å². The fourth-order valence-corrected chi connectivity index (χ4v) is 4.37. The van der Waals surface area contributed by atoms with Crippen LogP contribution >= 0.6 is 24.0 Å². The molecule has 0 N–H and O–H groups in total. The van der Waals surface area contributed by atoms with E-state index < -0.39 is 4.92 Å². The Morgan fingerprint density at radius 3 is 2.63 bits per heavy atom. The van der Waals surface area contributed by atoms with Gasteiger partial charge in [0.1, 0.15) is 15.8 Å². The molecule has 0 radical (unpaired) electrons. The molecule has 1 saturated heterocycles. The molecule has 2 aromatic carbocycles. The summed E-state index contributed by atoms with van der Waals surface area (Å²) in [4.78, 5) is 25.4. The summed E-state index contributed by atoms with van der Waals surface area (Å²) in [6.45, 7) is 2.11. The summed E-state index contributed by atoms with van der Waals surface area (Å²) in [5.41, 5.74) is 2.35. The highest BCUT2D eigenvalue weighted by molar-refractivity contribution is 8.26. The predicted octanol–water partition coefficient (Wildman–Crippen LogP) is 5.56. The van der Waals surface area contributed by atoms with Crippen molar-refractivity contribution in [1.29, 1.82) is 0 Å². The van der Waals surface area contributed by atoms with Gasteiger partial charge in [0.05, 0.1) is 16.4 Å². The number of hydrogen-bond acceptors (Lipinski definition) is 6. The second kappa shape index (κ2) is 8.25. The zero-order chi connectivity index (χ0) is 21.3. The molecule has 1 fully saturated rings. The number of nitrogens with zero attached hydrogens (tertiary/aromatic N) is 2. The van der Waals surface area contributed by atoms with Crippen LogP contribution in [0.2, 0.25) is 0 Å². The van der Waals surface area contributed by atoms with Crippen molar-refractivity contribution in [2.75, 3.05) is 0 Å². The standard InChI is InChI=1S/C22H16N2O4S2/c1-14-11-16(7-9-18(14)24(26)27)19-10-8-17(28-19)12-20-21(25)23(22(29)30-20)13-15-5-3-2-4-6-15/h2-12H,13H2,1H3/b20-12+. The van der Waals surface area contributed by atoms with Crippen molar-refractivity contribution in [2.45, 2.75) is 13.5 Å². The van der Waals surface area contributed by atoms with E-state index in [9.17, 15) is 14.9 Å². The van der Waals surface area contributed by atoms with Crippen LogP contribution in [0.15, 0.2) is 70.0 Å². The van der Waals surface area contributed by atoms with Gasteiger partial charge in [-0.2, -0.15) is 0 Å². The molecule has 4 rings (SSSR count). The van der Waals surface area contributed by atoms with Crippen LogP contribution in [0.5, 0.6) is 0 Å². The maximum Gasteiger partial charge on any atom is 0.272 e. The molecule has 8 heteroatoms. The maximum atomic E-state index is 12.8. The summed E-state index contributed by atoms with van der Waals surface area (Å²) in [6, 6.07) is 18.0. The second-order valence-electron chi connectivity index (χ2n) is 6.71. The van der Waals surface area contributed by atoms with E-state index >= 15 is 0 Å². The molecule has 0 saturated carbocycles. The van der Waals surface area contributed by atoms with Crippen molar-refractivity contribution in [2.24, 2.45) is 0 Å². The normalized spacial score (nSPS) is 15.2. The first kappa shape index (κ1) is 20.1. The van der Waals surface area contributed by atoms with Gasteiger partial charge in [0.15, 0.2) is 0 Å². The molecule has 0 aliphatic carbocycles. The second-order valence-corrected chi connectivity index (χ2v) is 8.39. The Balaban J connectivity index is 1.54. The highest BCUT2D eigenvalue weighted by Crippen LogP contribution is 2.35. The minimum atomic E-state index is -0.413. The lowest BCUT2D eigenvalue weighted by molar-refractivity contribution is -0.385. The Hall–Kier alpha value is -3.23. The van der Waals surface area contributed by atoms with E-state index in [1.807, 2.05) is 30.3 Å². The minimum absolute atomic E-state index is 0.0626. The van der Waals surface area contributed by atoms with Crippen LogP contribution in [0.1, 0.15) is 16.9 Å². The third-order valence-electron chi connectivity index (χ3n) is 4.64. The molecule has 0 spiro atoms. The first-order valence-corrected chi connectivity index (χ1v) is 10.3. The number of benzene rings is 2. The number of furan rings is 1. The zero-order valence-electron chi connectivity index (χ0n) is 15.9. The Bertz CT molecular complexity index is 1180. The van der Waals surface area contributed by atoms with Crippen molar-refractivity contribution in [3.05, 3.63) is 92.6 Å². The van der Waals surface area contributed by atoms with Gasteiger partial charge in [-0.15, -0.1) is 0 Å². The number of rotatable bonds is 5. The van der Waals surface area contributed by atoms with Gasteiger partial charge >= 0.3 is 0 Å². The minimum Gasteiger partial charge on any atom is -0.457 e. The van der Waals surface area contributed by atoms with Gasteiger partial charge in [-0.05, 0) is 36.8 Å². The molecule has 1 amide bonds. The molecule has 1 aliphatic rings. The van der Waals surface area contributed by atoms with Crippen molar-refractivity contribution < 1.29 is 14.1 Å². The fraction of sp³-hybridized carbons (Fsp3) is 0.0909. The number of nitro benzene ring substituents is 1. The number of hydrogen-bond donors (Lipinski definition) is 0. The Labute approximate surface area is 182 Å². The average Bonchev–Trinajstić information content (AvgIpc) is 3.29. The summed E-state index contributed by atoms with van der Waals surface area (Å²) in [7, 11) is 0. The SMILES string of the molecule is Cc1cc(-c2ccc(/C=C3/SC(=S)N(Cc4ccccc4)C3=O)o2)ccc1[N+](=O)[O-]. The van der Waals surface area contributed by atoms with Gasteiger partial charge in [0.25, 0.3) is 11.6 Å². The van der Waals surface area contributed by atoms with Crippen LogP contribution in [0.4, 0.5) is 5.69 Å². The summed E-state index contributed by atoms with van der Waals surface area (Å²) in [5.74, 6) is 0.929. The molecule has 30 heavy (non-hydrogen) atoms. The lowest BCUT2D eigenvalue weighted by Gasteiger charge is -2.14. The molecule has 3 aromatic rings. The lowest BCUT2D eigenvalue weighted by atomic mass is 10.1. The van der Waals surface area contributed by atoms with Gasteiger partial charge < -0.3 is 4.42 Å². The van der Waals surface area contributed by atoms with E-state index in [-0.39, 0.29) is 11.6 Å². The number of amides is 1. The highest BCUT2D eigenvalue weighted by atomic mass is 32.2. The van der Waals surface area contributed by atoms with Gasteiger partial charge in [-0.25, -0.2) is 0 Å². The van der Waals surface area contributed by atoms with Crippen LogP contribution in [0, 0.1) is 17.0 Å². The third-order valence-corrected chi connectivity index (χ3v) is 6.01. The van der Waals surface area contributed by atoms with Gasteiger partial charge in [-0.3, -0.25) is 19.8 Å². The fourth-order valence-electron chi connectivity index (χ4n) is 3.13. The largest absolute Gasteiger partial charge is 0.457 e. The van der Waals surface area contributed by atoms with E-state index in [2.05, 4.69) is 0 Å². The summed E-state index contributed by atoms with van der Waals surface area (Å²) < 4.78 is 6.36. The van der Waals surface area contributed by atoms with E-state index in [0.29, 0.717) is 32.9 Å². The summed E-state index contributed by atoms with van der Waals surface area (Å²) >= 11 is 6.62. The molecule has 2 heterocycles. The highest BCUT2D eigenvalue weighted by Gasteiger charge is 2.32. The lowest BCUT2D eigenvalue weighted by Crippen LogP contribution is -2.27. The summed E-state index contributed by atoms with van der Waals surface area (Å²) in [5, 5.41) is 11.0. The van der Waals surface area contributed by atoms with Crippen molar-refractivity contribution in [3.8, 4) is 11.3 Å². The maximum absolute atomic E-state index is 12.8. The molecule has 150 valence electrons. The Morgan fingerprint density at radius 1 is 1.17 bits per heavy atom. The monoisotopic (exact) mass is 436 g/mol. The molecule has 0 atom stereocenters. The molecular weight excluding hydrogens is 420 g/mol. The molecule has 0 unspecified atom stereocenters. The molecule has 6 nitrogen and oxygen atoms in total. The van der Waals surface area contributed by atoms with Crippen LogP contribution in [-0.4, -0.2) is 20.1 Å². The predicted molar refractivity (Wildman–Crippen MR) is 121 cm³/mol. The molecule has 1 aromatic heterocycles. The van der Waals surface area contributed by atoms with Gasteiger partial charge in [-0.1, -0.05) is 54.3 Å². The smallest absolute Gasteiger partial charge is 0.272 e. The van der Waals surface area contributed by atoms with Crippen LogP contribution in [-0.2, 0) is 11.3 Å².